The molecule has 0 aromatic heterocycles. The number of carbonyl (C=O) groups excluding carboxylic acids is 3. The molecule has 9 nitrogen and oxygen atoms in total. The molecule has 0 heterocycles. The molecule has 0 saturated heterocycles. The number of hydrogen-bond acceptors (Lipinski definition) is 7. The Morgan fingerprint density at radius 2 is 0.895 bits per heavy atom. The largest absolute Gasteiger partial charge is 0.498 e. The van der Waals surface area contributed by atoms with E-state index in [1.165, 1.54) is 0 Å². The fourth-order valence-corrected chi connectivity index (χ4v) is 8.17. The number of hydrogen-bond donors (Lipinski definition) is 3. The molecule has 3 fully saturated rings. The molecule has 0 unspecified atom stereocenters. The summed E-state index contributed by atoms with van der Waals surface area (Å²) in [6, 6.07) is -0.0173. The summed E-state index contributed by atoms with van der Waals surface area (Å²) in [4.78, 5) is 38.1. The Hall–Kier alpha value is -2.19. The molecule has 0 aliphatic heterocycles. The first kappa shape index (κ1) is 30.4. The molecule has 3 rings (SSSR count). The number of carbonyl (C=O) groups is 3. The van der Waals surface area contributed by atoms with E-state index in [1.54, 1.807) is 0 Å². The van der Waals surface area contributed by atoms with Gasteiger partial charge in [-0.25, -0.2) is 4.57 Å². The van der Waals surface area contributed by atoms with E-state index in [1.807, 2.05) is 0 Å². The zero-order chi connectivity index (χ0) is 27.5. The van der Waals surface area contributed by atoms with Gasteiger partial charge in [-0.05, 0) is 38.5 Å². The molecule has 11 heteroatoms. The fourth-order valence-electron chi connectivity index (χ4n) is 5.12. The Morgan fingerprint density at radius 1 is 0.579 bits per heavy atom. The van der Waals surface area contributed by atoms with Gasteiger partial charge in [-0.15, -0.1) is 0 Å². The normalized spacial score (nSPS) is 19.6. The van der Waals surface area contributed by atoms with Crippen LogP contribution in [0.15, 0.2) is 36.2 Å². The van der Waals surface area contributed by atoms with Crippen molar-refractivity contribution in [2.24, 2.45) is 0 Å². The summed E-state index contributed by atoms with van der Waals surface area (Å²) >= 11 is 0.450. The average Bonchev–Trinajstić information content (AvgIpc) is 2.90. The Kier molecular flexibility index (Phi) is 11.8. The van der Waals surface area contributed by atoms with Gasteiger partial charge in [0.05, 0.1) is 4.91 Å². The lowest BCUT2D eigenvalue weighted by molar-refractivity contribution is -0.120. The molecule has 0 atom stereocenters. The van der Waals surface area contributed by atoms with Gasteiger partial charge in [0, 0.05) is 29.5 Å². The third kappa shape index (κ3) is 9.84. The van der Waals surface area contributed by atoms with Gasteiger partial charge in [-0.1, -0.05) is 77.5 Å². The predicted molar refractivity (Wildman–Crippen MR) is 150 cm³/mol. The third-order valence-electron chi connectivity index (χ3n) is 7.25. The first-order valence-electron chi connectivity index (χ1n) is 13.8. The highest BCUT2D eigenvalue weighted by Crippen LogP contribution is 2.65. The minimum absolute atomic E-state index is 0.0160. The molecule has 38 heavy (non-hydrogen) atoms. The van der Waals surface area contributed by atoms with Gasteiger partial charge in [-0.2, -0.15) is 0 Å². The van der Waals surface area contributed by atoms with Crippen LogP contribution in [0.1, 0.15) is 96.3 Å². The van der Waals surface area contributed by atoms with Crippen molar-refractivity contribution in [3.05, 3.63) is 36.2 Å². The molecular weight excluding hydrogens is 525 g/mol. The van der Waals surface area contributed by atoms with Crippen molar-refractivity contribution in [2.75, 3.05) is 0 Å². The minimum atomic E-state index is -4.37. The third-order valence-corrected chi connectivity index (χ3v) is 10.5. The smallest absolute Gasteiger partial charge is 0.403 e. The van der Waals surface area contributed by atoms with E-state index < -0.39 is 36.0 Å². The molecule has 3 N–H and O–H groups in total. The van der Waals surface area contributed by atoms with E-state index >= 15 is 0 Å². The van der Waals surface area contributed by atoms with Crippen LogP contribution >= 0.6 is 18.2 Å². The van der Waals surface area contributed by atoms with Crippen molar-refractivity contribution in [2.45, 2.75) is 114 Å². The average molecular weight is 568 g/mol. The molecule has 0 bridgehead atoms. The highest BCUT2D eigenvalue weighted by molar-refractivity contribution is 8.57. The van der Waals surface area contributed by atoms with Gasteiger partial charge >= 0.3 is 6.80 Å². The van der Waals surface area contributed by atoms with E-state index in [4.69, 9.17) is 9.05 Å². The maximum Gasteiger partial charge on any atom is 0.498 e. The second kappa shape index (κ2) is 14.8. The van der Waals surface area contributed by atoms with Gasteiger partial charge in [0.15, 0.2) is 11.5 Å². The van der Waals surface area contributed by atoms with Crippen LogP contribution in [0, 0.1) is 0 Å². The predicted octanol–water partition coefficient (Wildman–Crippen LogP) is 5.75. The highest BCUT2D eigenvalue weighted by Gasteiger charge is 2.37. The van der Waals surface area contributed by atoms with E-state index in [0.29, 0.717) is 11.4 Å². The second-order valence-corrected chi connectivity index (χ2v) is 14.2. The van der Waals surface area contributed by atoms with Crippen molar-refractivity contribution in [3.8, 4) is 0 Å². The van der Waals surface area contributed by atoms with Crippen LogP contribution in [-0.4, -0.2) is 35.8 Å². The summed E-state index contributed by atoms with van der Waals surface area (Å²) in [5.74, 6) is -2.57. The van der Waals surface area contributed by atoms with Gasteiger partial charge in [-0.3, -0.25) is 14.4 Å². The molecule has 0 aromatic carbocycles. The van der Waals surface area contributed by atoms with Crippen LogP contribution in [0.5, 0.6) is 0 Å². The van der Waals surface area contributed by atoms with E-state index in [2.05, 4.69) is 35.7 Å². The van der Waals surface area contributed by atoms with Crippen molar-refractivity contribution >= 4 is 35.9 Å². The molecular formula is C27H42N3O6PS. The molecule has 0 spiro atoms. The Morgan fingerprint density at radius 3 is 1.24 bits per heavy atom. The highest BCUT2D eigenvalue weighted by atomic mass is 32.7. The number of nitrogens with one attached hydrogen (secondary N) is 3. The molecule has 3 amide bonds. The second-order valence-electron chi connectivity index (χ2n) is 10.4. The lowest BCUT2D eigenvalue weighted by atomic mass is 9.95. The summed E-state index contributed by atoms with van der Waals surface area (Å²) in [6.07, 6.45) is 14.6. The summed E-state index contributed by atoms with van der Waals surface area (Å²) in [7, 11) is 0. The standard InChI is InChI=1S/C27H42N3O6PS/c1-19(25(31)28-22-13-7-4-8-14-22)35-37(34,36-20(2)26(32)29-23-15-9-5-10-16-23)38-21(3)27(33)30-24-17-11-6-12-18-24/h22-24H,1-18H2,(H,28,31)(H,29,32)(H,30,33). The lowest BCUT2D eigenvalue weighted by Crippen LogP contribution is -2.37. The number of amides is 3. The van der Waals surface area contributed by atoms with Crippen molar-refractivity contribution < 1.29 is 28.0 Å². The summed E-state index contributed by atoms with van der Waals surface area (Å²) in [6.45, 7) is 6.65. The van der Waals surface area contributed by atoms with Gasteiger partial charge in [0.1, 0.15) is 0 Å². The summed E-state index contributed by atoms with van der Waals surface area (Å²) in [5, 5.41) is 8.60. The van der Waals surface area contributed by atoms with Crippen molar-refractivity contribution in [1.82, 2.24) is 16.0 Å². The van der Waals surface area contributed by atoms with Crippen LogP contribution in [0.3, 0.4) is 0 Å². The van der Waals surface area contributed by atoms with Gasteiger partial charge < -0.3 is 25.0 Å². The molecule has 3 saturated carbocycles. The van der Waals surface area contributed by atoms with E-state index in [-0.39, 0.29) is 23.0 Å². The van der Waals surface area contributed by atoms with Crippen molar-refractivity contribution in [1.29, 1.82) is 0 Å². The first-order chi connectivity index (χ1) is 18.1. The molecule has 0 aromatic rings. The SMILES string of the molecule is C=C(OP(=O)(OC(=C)C(=O)NC1CCCCC1)SC(=C)C(=O)NC1CCCCC1)C(=O)NC1CCCCC1. The zero-order valence-corrected chi connectivity index (χ0v) is 24.0. The quantitative estimate of drug-likeness (QED) is 0.156. The molecule has 3 aliphatic rings. The Labute approximate surface area is 230 Å². The van der Waals surface area contributed by atoms with Crippen molar-refractivity contribution in [3.63, 3.8) is 0 Å². The lowest BCUT2D eigenvalue weighted by Gasteiger charge is -2.26. The molecule has 3 aliphatic carbocycles. The maximum absolute atomic E-state index is 13.8. The van der Waals surface area contributed by atoms with Crippen LogP contribution in [0.4, 0.5) is 0 Å². The van der Waals surface area contributed by atoms with Crippen LogP contribution in [-0.2, 0) is 28.0 Å². The van der Waals surface area contributed by atoms with Crippen LogP contribution < -0.4 is 16.0 Å². The van der Waals surface area contributed by atoms with E-state index in [9.17, 15) is 18.9 Å². The minimum Gasteiger partial charge on any atom is -0.403 e. The van der Waals surface area contributed by atoms with Crippen LogP contribution in [0.2, 0.25) is 0 Å². The summed E-state index contributed by atoms with van der Waals surface area (Å²) < 4.78 is 24.8. The Bertz CT molecular complexity index is 834. The van der Waals surface area contributed by atoms with E-state index in [0.717, 1.165) is 96.3 Å². The maximum atomic E-state index is 13.8. The fraction of sp³-hybridized carbons (Fsp3) is 0.667. The summed E-state index contributed by atoms with van der Waals surface area (Å²) in [5.41, 5.74) is 0. The number of rotatable bonds is 12. The molecule has 212 valence electrons. The zero-order valence-electron chi connectivity index (χ0n) is 22.3. The van der Waals surface area contributed by atoms with Crippen LogP contribution in [0.25, 0.3) is 0 Å². The van der Waals surface area contributed by atoms with Gasteiger partial charge in [0.2, 0.25) is 0 Å². The first-order valence-corrected chi connectivity index (χ1v) is 16.8. The topological polar surface area (TPSA) is 123 Å². The monoisotopic (exact) mass is 567 g/mol. The van der Waals surface area contributed by atoms with Gasteiger partial charge in [0.25, 0.3) is 17.7 Å². The molecule has 0 radical (unpaired) electrons. The Balaban J connectivity index is 1.65.